The average Bonchev–Trinajstić information content (AvgIpc) is 2.96. The Labute approximate surface area is 242 Å². The number of hydrogen-bond donors (Lipinski definition) is 6. The molecule has 2 atom stereocenters. The first-order valence-corrected chi connectivity index (χ1v) is 13.4. The standard InChI is InChI=1S/C24H32BN3O5.C7H8O/c1-17(2)23(25(31)32)28-22(29)15-26-24(30)21(14-19-10-6-4-7-11-19)27-18(3)33-16-20-12-8-5-9-13-20;1-6-2-4-7(8)5-3-6/h4-13,17,21,23,27,31-32H,3,14-16H2,1-2H3,(H,26,30)(H,28,29);2-5,8H,1H3. The zero-order chi connectivity index (χ0) is 30.2. The highest BCUT2D eigenvalue weighted by atomic mass is 16.5. The summed E-state index contributed by atoms with van der Waals surface area (Å²) in [6.07, 6.45) is 0.353. The van der Waals surface area contributed by atoms with Crippen LogP contribution in [-0.2, 0) is 27.4 Å². The summed E-state index contributed by atoms with van der Waals surface area (Å²) in [5.41, 5.74) is 3.06. The second kappa shape index (κ2) is 17.4. The Hall–Kier alpha value is -4.28. The maximum atomic E-state index is 12.9. The molecule has 0 aromatic heterocycles. The third kappa shape index (κ3) is 13.1. The van der Waals surface area contributed by atoms with Crippen molar-refractivity contribution >= 4 is 18.9 Å². The predicted octanol–water partition coefficient (Wildman–Crippen LogP) is 2.84. The van der Waals surface area contributed by atoms with Crippen molar-refractivity contribution < 1.29 is 29.5 Å². The van der Waals surface area contributed by atoms with Crippen LogP contribution in [0, 0.1) is 12.8 Å². The van der Waals surface area contributed by atoms with Gasteiger partial charge in [0.05, 0.1) is 12.5 Å². The van der Waals surface area contributed by atoms with Gasteiger partial charge in [-0.3, -0.25) is 9.59 Å². The van der Waals surface area contributed by atoms with Crippen LogP contribution in [0.25, 0.3) is 0 Å². The molecular formula is C31H40BN3O6. The smallest absolute Gasteiger partial charge is 0.475 e. The monoisotopic (exact) mass is 561 g/mol. The van der Waals surface area contributed by atoms with E-state index < -0.39 is 30.9 Å². The van der Waals surface area contributed by atoms with Gasteiger partial charge in [0.1, 0.15) is 18.4 Å². The van der Waals surface area contributed by atoms with Crippen LogP contribution >= 0.6 is 0 Å². The SMILES string of the molecule is C=C(NC(Cc1ccccc1)C(=O)NCC(=O)NC(B(O)O)C(C)C)OCc1ccccc1.Cc1ccc(O)cc1. The first-order valence-electron chi connectivity index (χ1n) is 13.4. The number of amides is 2. The molecule has 0 saturated carbocycles. The minimum atomic E-state index is -1.69. The summed E-state index contributed by atoms with van der Waals surface area (Å²) >= 11 is 0. The Kier molecular flexibility index (Phi) is 14.0. The van der Waals surface area contributed by atoms with E-state index >= 15 is 0 Å². The maximum absolute atomic E-state index is 12.9. The predicted molar refractivity (Wildman–Crippen MR) is 160 cm³/mol. The fourth-order valence-electron chi connectivity index (χ4n) is 3.70. The summed E-state index contributed by atoms with van der Waals surface area (Å²) in [5, 5.41) is 35.7. The van der Waals surface area contributed by atoms with Crippen molar-refractivity contribution in [1.29, 1.82) is 0 Å². The molecule has 218 valence electrons. The highest BCUT2D eigenvalue weighted by Crippen LogP contribution is 2.09. The number of aromatic hydroxyl groups is 1. The molecule has 0 saturated heterocycles. The minimum Gasteiger partial charge on any atom is -0.508 e. The van der Waals surface area contributed by atoms with Crippen LogP contribution in [0.2, 0.25) is 0 Å². The molecule has 0 heterocycles. The Morgan fingerprint density at radius 2 is 1.44 bits per heavy atom. The molecule has 0 aliphatic carbocycles. The summed E-state index contributed by atoms with van der Waals surface area (Å²) in [6, 6.07) is 25.4. The third-order valence-electron chi connectivity index (χ3n) is 6.01. The highest BCUT2D eigenvalue weighted by molar-refractivity contribution is 6.43. The summed E-state index contributed by atoms with van der Waals surface area (Å²) < 4.78 is 5.66. The number of phenolic OH excluding ortho intramolecular Hbond substituents is 1. The number of hydrogen-bond acceptors (Lipinski definition) is 7. The van der Waals surface area contributed by atoms with Crippen LogP contribution in [0.5, 0.6) is 5.75 Å². The van der Waals surface area contributed by atoms with Crippen molar-refractivity contribution in [1.82, 2.24) is 16.0 Å². The Morgan fingerprint density at radius 1 is 0.878 bits per heavy atom. The number of ether oxygens (including phenoxy) is 1. The molecule has 0 aliphatic heterocycles. The van der Waals surface area contributed by atoms with E-state index in [0.717, 1.165) is 11.1 Å². The molecule has 0 spiro atoms. The highest BCUT2D eigenvalue weighted by Gasteiger charge is 2.28. The summed E-state index contributed by atoms with van der Waals surface area (Å²) in [4.78, 5) is 25.1. The fourth-order valence-corrected chi connectivity index (χ4v) is 3.70. The molecule has 2 amide bonds. The maximum Gasteiger partial charge on any atom is 0.475 e. The molecule has 9 nitrogen and oxygen atoms in total. The summed E-state index contributed by atoms with van der Waals surface area (Å²) in [7, 11) is -1.69. The summed E-state index contributed by atoms with van der Waals surface area (Å²) in [6.45, 7) is 9.35. The molecule has 6 N–H and O–H groups in total. The lowest BCUT2D eigenvalue weighted by molar-refractivity contribution is -0.127. The topological polar surface area (TPSA) is 140 Å². The zero-order valence-electron chi connectivity index (χ0n) is 23.8. The van der Waals surface area contributed by atoms with Gasteiger partial charge in [0, 0.05) is 6.42 Å². The normalized spacial score (nSPS) is 11.8. The second-order valence-corrected chi connectivity index (χ2v) is 9.89. The van der Waals surface area contributed by atoms with Crippen LogP contribution in [0.3, 0.4) is 0 Å². The van der Waals surface area contributed by atoms with Crippen molar-refractivity contribution in [3.8, 4) is 5.75 Å². The zero-order valence-corrected chi connectivity index (χ0v) is 23.8. The van der Waals surface area contributed by atoms with Crippen LogP contribution in [0.15, 0.2) is 97.4 Å². The van der Waals surface area contributed by atoms with Crippen LogP contribution in [0.1, 0.15) is 30.5 Å². The minimum absolute atomic E-state index is 0.192. The molecule has 41 heavy (non-hydrogen) atoms. The molecule has 0 radical (unpaired) electrons. The van der Waals surface area contributed by atoms with Crippen molar-refractivity contribution in [2.24, 2.45) is 5.92 Å². The molecule has 0 bridgehead atoms. The Balaban J connectivity index is 0.000000629. The van der Waals surface area contributed by atoms with E-state index in [1.807, 2.05) is 79.7 Å². The fraction of sp³-hybridized carbons (Fsp3) is 0.290. The van der Waals surface area contributed by atoms with Gasteiger partial charge in [-0.05, 0) is 42.7 Å². The molecule has 2 unspecified atom stereocenters. The average molecular weight is 561 g/mol. The van der Waals surface area contributed by atoms with E-state index in [1.54, 1.807) is 26.0 Å². The number of benzene rings is 3. The number of aryl methyl sites for hydroxylation is 1. The van der Waals surface area contributed by atoms with Crippen LogP contribution < -0.4 is 16.0 Å². The number of carbonyl (C=O) groups excluding carboxylic acids is 2. The van der Waals surface area contributed by atoms with Gasteiger partial charge in [-0.15, -0.1) is 0 Å². The number of phenols is 1. The lowest BCUT2D eigenvalue weighted by Crippen LogP contribution is -2.53. The van der Waals surface area contributed by atoms with Gasteiger partial charge in [-0.25, -0.2) is 0 Å². The van der Waals surface area contributed by atoms with Gasteiger partial charge in [0.2, 0.25) is 11.8 Å². The van der Waals surface area contributed by atoms with Crippen molar-refractivity contribution in [2.75, 3.05) is 6.54 Å². The van der Waals surface area contributed by atoms with Crippen LogP contribution in [0.4, 0.5) is 0 Å². The third-order valence-corrected chi connectivity index (χ3v) is 6.01. The van der Waals surface area contributed by atoms with E-state index in [0.29, 0.717) is 18.8 Å². The van der Waals surface area contributed by atoms with Gasteiger partial charge >= 0.3 is 7.12 Å². The largest absolute Gasteiger partial charge is 0.508 e. The Bertz CT molecular complexity index is 1180. The number of nitrogens with one attached hydrogen (secondary N) is 3. The van der Waals surface area contributed by atoms with Crippen molar-refractivity contribution in [2.45, 2.75) is 45.8 Å². The quantitative estimate of drug-likeness (QED) is 0.139. The van der Waals surface area contributed by atoms with Crippen molar-refractivity contribution in [3.05, 3.63) is 114 Å². The second-order valence-electron chi connectivity index (χ2n) is 9.89. The molecule has 10 heteroatoms. The van der Waals surface area contributed by atoms with E-state index in [-0.39, 0.29) is 18.3 Å². The first-order chi connectivity index (χ1) is 19.5. The van der Waals surface area contributed by atoms with Crippen molar-refractivity contribution in [3.63, 3.8) is 0 Å². The number of rotatable bonds is 13. The first kappa shape index (κ1) is 32.9. The molecular weight excluding hydrogens is 521 g/mol. The molecule has 3 rings (SSSR count). The summed E-state index contributed by atoms with van der Waals surface area (Å²) in [5.74, 6) is -1.39. The van der Waals surface area contributed by atoms with Gasteiger partial charge in [0.25, 0.3) is 0 Å². The van der Waals surface area contributed by atoms with Gasteiger partial charge in [0.15, 0.2) is 5.88 Å². The van der Waals surface area contributed by atoms with Gasteiger partial charge in [-0.2, -0.15) is 0 Å². The molecule has 3 aromatic carbocycles. The molecule has 0 fully saturated rings. The molecule has 0 aliphatic rings. The number of carbonyl (C=O) groups is 2. The Morgan fingerprint density at radius 3 is 1.95 bits per heavy atom. The van der Waals surface area contributed by atoms with E-state index in [9.17, 15) is 19.6 Å². The molecule has 3 aromatic rings. The van der Waals surface area contributed by atoms with Gasteiger partial charge in [-0.1, -0.05) is 92.2 Å². The van der Waals surface area contributed by atoms with Gasteiger partial charge < -0.3 is 35.8 Å². The van der Waals surface area contributed by atoms with E-state index in [1.165, 1.54) is 5.56 Å². The van der Waals surface area contributed by atoms with E-state index in [2.05, 4.69) is 22.5 Å². The lowest BCUT2D eigenvalue weighted by atomic mass is 9.73. The van der Waals surface area contributed by atoms with Crippen LogP contribution in [-0.4, -0.2) is 52.6 Å². The van der Waals surface area contributed by atoms with E-state index in [4.69, 9.17) is 9.84 Å². The lowest BCUT2D eigenvalue weighted by Gasteiger charge is -2.23.